The van der Waals surface area contributed by atoms with Crippen molar-refractivity contribution in [1.82, 2.24) is 0 Å². The number of hydrogen-bond acceptors (Lipinski definition) is 5. The van der Waals surface area contributed by atoms with E-state index in [-0.39, 0.29) is 24.1 Å². The summed E-state index contributed by atoms with van der Waals surface area (Å²) in [4.78, 5) is 24.1. The summed E-state index contributed by atoms with van der Waals surface area (Å²) in [5.41, 5.74) is 0.111. The number of halogens is 1. The van der Waals surface area contributed by atoms with E-state index in [1.807, 2.05) is 0 Å². The monoisotopic (exact) mass is 362 g/mol. The van der Waals surface area contributed by atoms with E-state index in [1.54, 1.807) is 45.9 Å². The van der Waals surface area contributed by atoms with Crippen molar-refractivity contribution in [3.05, 3.63) is 59.3 Å². The molecule has 0 N–H and O–H groups in total. The van der Waals surface area contributed by atoms with Crippen molar-refractivity contribution in [2.75, 3.05) is 6.61 Å². The molecule has 1 aliphatic rings. The number of esters is 2. The maximum Gasteiger partial charge on any atom is 0.374 e. The zero-order valence-corrected chi connectivity index (χ0v) is 15.4. The Balaban J connectivity index is 2.32. The van der Waals surface area contributed by atoms with Gasteiger partial charge in [-0.05, 0) is 51.5 Å². The van der Waals surface area contributed by atoms with Gasteiger partial charge in [0.05, 0.1) is 12.7 Å². The van der Waals surface area contributed by atoms with Crippen LogP contribution in [0.1, 0.15) is 45.6 Å². The first-order valence-electron chi connectivity index (χ1n) is 8.43. The van der Waals surface area contributed by atoms with E-state index in [0.29, 0.717) is 12.2 Å². The average Bonchev–Trinajstić information content (AvgIpc) is 2.53. The summed E-state index contributed by atoms with van der Waals surface area (Å²) >= 11 is 0. The second kappa shape index (κ2) is 8.17. The van der Waals surface area contributed by atoms with Crippen molar-refractivity contribution in [3.8, 4) is 0 Å². The summed E-state index contributed by atoms with van der Waals surface area (Å²) in [6.45, 7) is 7.19. The van der Waals surface area contributed by atoms with Gasteiger partial charge in [0.2, 0.25) is 5.76 Å². The number of carbonyl (C=O) groups is 2. The summed E-state index contributed by atoms with van der Waals surface area (Å²) in [6.07, 6.45) is 3.19. The third kappa shape index (κ3) is 5.72. The highest BCUT2D eigenvalue weighted by molar-refractivity contribution is 5.88. The van der Waals surface area contributed by atoms with Gasteiger partial charge in [-0.2, -0.15) is 0 Å². The van der Waals surface area contributed by atoms with E-state index < -0.39 is 17.5 Å². The van der Waals surface area contributed by atoms with Gasteiger partial charge in [0.25, 0.3) is 0 Å². The second-order valence-corrected chi connectivity index (χ2v) is 6.86. The number of ether oxygens (including phenoxy) is 3. The quantitative estimate of drug-likeness (QED) is 0.598. The largest absolute Gasteiger partial charge is 0.463 e. The SMILES string of the molecule is CCOC(=O)/C=C1\C[C@H](c2ccc(F)cc2)C=C(C(=O)OC(C)(C)C)O1. The molecular formula is C20H23FO5. The van der Waals surface area contributed by atoms with Crippen molar-refractivity contribution in [2.24, 2.45) is 0 Å². The van der Waals surface area contributed by atoms with Crippen molar-refractivity contribution in [3.63, 3.8) is 0 Å². The number of rotatable bonds is 4. The van der Waals surface area contributed by atoms with Crippen molar-refractivity contribution >= 4 is 11.9 Å². The predicted octanol–water partition coefficient (Wildman–Crippen LogP) is 4.00. The predicted molar refractivity (Wildman–Crippen MR) is 93.5 cm³/mol. The Morgan fingerprint density at radius 2 is 1.92 bits per heavy atom. The molecule has 6 heteroatoms. The molecule has 0 aliphatic carbocycles. The number of benzene rings is 1. The van der Waals surface area contributed by atoms with Crippen LogP contribution in [-0.2, 0) is 23.8 Å². The van der Waals surface area contributed by atoms with Gasteiger partial charge in [-0.3, -0.25) is 0 Å². The van der Waals surface area contributed by atoms with E-state index in [9.17, 15) is 14.0 Å². The summed E-state index contributed by atoms with van der Waals surface area (Å²) < 4.78 is 29.0. The molecule has 0 saturated carbocycles. The molecule has 5 nitrogen and oxygen atoms in total. The lowest BCUT2D eigenvalue weighted by molar-refractivity contribution is -0.154. The first kappa shape index (κ1) is 19.7. The summed E-state index contributed by atoms with van der Waals surface area (Å²) in [5, 5.41) is 0. The lowest BCUT2D eigenvalue weighted by Gasteiger charge is -2.26. The van der Waals surface area contributed by atoms with Gasteiger partial charge in [0, 0.05) is 12.3 Å². The maximum atomic E-state index is 13.2. The van der Waals surface area contributed by atoms with E-state index in [0.717, 1.165) is 5.56 Å². The lowest BCUT2D eigenvalue weighted by atomic mass is 9.92. The summed E-state index contributed by atoms with van der Waals surface area (Å²) in [6, 6.07) is 5.97. The molecule has 0 unspecified atom stereocenters. The Morgan fingerprint density at radius 1 is 1.27 bits per heavy atom. The van der Waals surface area contributed by atoms with Crippen molar-refractivity contribution < 1.29 is 28.2 Å². The Morgan fingerprint density at radius 3 is 2.50 bits per heavy atom. The van der Waals surface area contributed by atoms with Gasteiger partial charge in [0.1, 0.15) is 17.2 Å². The van der Waals surface area contributed by atoms with Crippen LogP contribution in [0.15, 0.2) is 47.9 Å². The van der Waals surface area contributed by atoms with Crippen LogP contribution in [0.5, 0.6) is 0 Å². The molecule has 1 aromatic rings. The minimum atomic E-state index is -0.685. The zero-order chi connectivity index (χ0) is 19.3. The number of allylic oxidation sites excluding steroid dienone is 2. The van der Waals surface area contributed by atoms with Crippen molar-refractivity contribution in [1.29, 1.82) is 0 Å². The highest BCUT2D eigenvalue weighted by Crippen LogP contribution is 2.33. The van der Waals surface area contributed by atoms with Gasteiger partial charge >= 0.3 is 11.9 Å². The minimum Gasteiger partial charge on any atom is -0.463 e. The van der Waals surface area contributed by atoms with Crippen LogP contribution >= 0.6 is 0 Å². The normalized spacial score (nSPS) is 18.7. The molecule has 2 rings (SSSR count). The second-order valence-electron chi connectivity index (χ2n) is 6.86. The first-order valence-corrected chi connectivity index (χ1v) is 8.43. The number of carbonyl (C=O) groups excluding carboxylic acids is 2. The third-order valence-electron chi connectivity index (χ3n) is 3.48. The minimum absolute atomic E-state index is 0.00366. The van der Waals surface area contributed by atoms with Gasteiger partial charge in [-0.15, -0.1) is 0 Å². The maximum absolute atomic E-state index is 13.2. The van der Waals surface area contributed by atoms with E-state index in [2.05, 4.69) is 0 Å². The summed E-state index contributed by atoms with van der Waals surface area (Å²) in [5.74, 6) is -1.49. The van der Waals surface area contributed by atoms with Gasteiger partial charge < -0.3 is 14.2 Å². The standard InChI is InChI=1S/C20H23FO5/c1-5-24-18(22)12-16-10-14(13-6-8-15(21)9-7-13)11-17(25-16)19(23)26-20(2,3)4/h6-9,11-12,14H,5,10H2,1-4H3/b16-12+/t14-/m0/s1. The van der Waals surface area contributed by atoms with Crippen molar-refractivity contribution in [2.45, 2.75) is 45.6 Å². The van der Waals surface area contributed by atoms with Crippen LogP contribution < -0.4 is 0 Å². The molecule has 1 aliphatic heterocycles. The molecule has 0 saturated heterocycles. The van der Waals surface area contributed by atoms with Crippen LogP contribution in [0.4, 0.5) is 4.39 Å². The molecule has 140 valence electrons. The zero-order valence-electron chi connectivity index (χ0n) is 15.4. The van der Waals surface area contributed by atoms with Gasteiger partial charge in [-0.1, -0.05) is 12.1 Å². The Labute approximate surface area is 152 Å². The molecule has 0 aromatic heterocycles. The van der Waals surface area contributed by atoms with E-state index in [1.165, 1.54) is 18.2 Å². The molecule has 0 bridgehead atoms. The highest BCUT2D eigenvalue weighted by Gasteiger charge is 2.28. The van der Waals surface area contributed by atoms with Crippen LogP contribution in [-0.4, -0.2) is 24.1 Å². The molecule has 0 radical (unpaired) electrons. The highest BCUT2D eigenvalue weighted by atomic mass is 19.1. The molecular weight excluding hydrogens is 339 g/mol. The third-order valence-corrected chi connectivity index (χ3v) is 3.48. The van der Waals surface area contributed by atoms with Gasteiger partial charge in [-0.25, -0.2) is 14.0 Å². The fourth-order valence-corrected chi connectivity index (χ4v) is 2.44. The molecule has 0 spiro atoms. The van der Waals surface area contributed by atoms with Crippen LogP contribution in [0.2, 0.25) is 0 Å². The molecule has 0 amide bonds. The van der Waals surface area contributed by atoms with E-state index >= 15 is 0 Å². The lowest BCUT2D eigenvalue weighted by Crippen LogP contribution is -2.27. The molecule has 1 aromatic carbocycles. The first-order chi connectivity index (χ1) is 12.2. The Kier molecular flexibility index (Phi) is 6.18. The van der Waals surface area contributed by atoms with Crippen LogP contribution in [0, 0.1) is 5.82 Å². The molecule has 0 fully saturated rings. The smallest absolute Gasteiger partial charge is 0.374 e. The topological polar surface area (TPSA) is 61.8 Å². The fraction of sp³-hybridized carbons (Fsp3) is 0.400. The van der Waals surface area contributed by atoms with Crippen LogP contribution in [0.3, 0.4) is 0 Å². The molecule has 1 atom stereocenters. The number of hydrogen-bond donors (Lipinski definition) is 0. The Hall–Kier alpha value is -2.63. The molecule has 1 heterocycles. The molecule has 26 heavy (non-hydrogen) atoms. The van der Waals surface area contributed by atoms with Crippen LogP contribution in [0.25, 0.3) is 0 Å². The average molecular weight is 362 g/mol. The Bertz CT molecular complexity index is 726. The van der Waals surface area contributed by atoms with Gasteiger partial charge in [0.15, 0.2) is 0 Å². The summed E-state index contributed by atoms with van der Waals surface area (Å²) in [7, 11) is 0. The van der Waals surface area contributed by atoms with E-state index in [4.69, 9.17) is 14.2 Å². The fourth-order valence-electron chi connectivity index (χ4n) is 2.44.